The number of hydrogen-bond donors (Lipinski definition) is 0. The van der Waals surface area contributed by atoms with E-state index in [9.17, 15) is 0 Å². The lowest BCUT2D eigenvalue weighted by molar-refractivity contribution is -0.119. The van der Waals surface area contributed by atoms with E-state index < -0.39 is 12.6 Å². The molecule has 5 nitrogen and oxygen atoms in total. The van der Waals surface area contributed by atoms with Crippen molar-refractivity contribution in [1.29, 1.82) is 0 Å². The van der Waals surface area contributed by atoms with Gasteiger partial charge in [-0.15, -0.1) is 0 Å². The summed E-state index contributed by atoms with van der Waals surface area (Å²) in [5, 5.41) is 3.92. The summed E-state index contributed by atoms with van der Waals surface area (Å²) in [7, 11) is 0. The van der Waals surface area contributed by atoms with Gasteiger partial charge in [-0.1, -0.05) is 5.16 Å². The molecule has 1 unspecified atom stereocenters. The first-order valence-corrected chi connectivity index (χ1v) is 5.58. The van der Waals surface area contributed by atoms with Crippen molar-refractivity contribution in [2.75, 3.05) is 19.8 Å². The van der Waals surface area contributed by atoms with E-state index in [1.165, 1.54) is 0 Å². The van der Waals surface area contributed by atoms with Crippen LogP contribution in [0.4, 0.5) is 0 Å². The van der Waals surface area contributed by atoms with E-state index in [1.54, 1.807) is 12.2 Å². The summed E-state index contributed by atoms with van der Waals surface area (Å²) in [4.78, 5) is 5.12. The lowest BCUT2D eigenvalue weighted by atomic mass is 10.3. The zero-order valence-corrected chi connectivity index (χ0v) is 10.0. The van der Waals surface area contributed by atoms with Gasteiger partial charge in [-0.3, -0.25) is 0 Å². The fraction of sp³-hybridized carbons (Fsp3) is 0.727. The summed E-state index contributed by atoms with van der Waals surface area (Å²) >= 11 is 0. The third-order valence-corrected chi connectivity index (χ3v) is 1.89. The molecule has 0 saturated carbocycles. The Hall–Kier alpha value is -0.910. The lowest BCUT2D eigenvalue weighted by Crippen LogP contribution is -2.29. The van der Waals surface area contributed by atoms with Gasteiger partial charge in [0, 0.05) is 19.8 Å². The molecule has 0 saturated heterocycles. The summed E-state index contributed by atoms with van der Waals surface area (Å²) in [6.07, 6.45) is 2.72. The van der Waals surface area contributed by atoms with E-state index in [1.807, 2.05) is 20.8 Å². The van der Waals surface area contributed by atoms with Crippen molar-refractivity contribution in [3.05, 3.63) is 12.2 Å². The minimum atomic E-state index is -0.464. The predicted octanol–water partition coefficient (Wildman–Crippen LogP) is 1.69. The summed E-state index contributed by atoms with van der Waals surface area (Å²) < 4.78 is 16.0. The first-order valence-electron chi connectivity index (χ1n) is 5.58. The van der Waals surface area contributed by atoms with Gasteiger partial charge in [0.05, 0.1) is 0 Å². The molecule has 0 aliphatic carbocycles. The van der Waals surface area contributed by atoms with Crippen LogP contribution in [0.1, 0.15) is 20.8 Å². The summed E-state index contributed by atoms with van der Waals surface area (Å²) in [6.45, 7) is 7.42. The van der Waals surface area contributed by atoms with Crippen molar-refractivity contribution in [3.8, 4) is 0 Å². The Morgan fingerprint density at radius 2 is 1.94 bits per heavy atom. The molecule has 0 aromatic carbocycles. The summed E-state index contributed by atoms with van der Waals surface area (Å²) in [6, 6.07) is 0. The maximum Gasteiger partial charge on any atom is 0.246 e. The third kappa shape index (κ3) is 3.92. The molecule has 0 spiro atoms. The minimum absolute atomic E-state index is 0.405. The maximum absolute atomic E-state index is 5.39. The normalized spacial score (nSPS) is 19.8. The molecule has 0 fully saturated rings. The van der Waals surface area contributed by atoms with Crippen molar-refractivity contribution in [3.63, 3.8) is 0 Å². The van der Waals surface area contributed by atoms with Crippen LogP contribution in [0.15, 0.2) is 17.3 Å². The fourth-order valence-electron chi connectivity index (χ4n) is 1.25. The molecule has 0 bridgehead atoms. The van der Waals surface area contributed by atoms with Crippen LogP contribution in [0.5, 0.6) is 0 Å². The Kier molecular flexibility index (Phi) is 6.07. The molecule has 92 valence electrons. The molecule has 16 heavy (non-hydrogen) atoms. The van der Waals surface area contributed by atoms with Crippen LogP contribution in [0, 0.1) is 0 Å². The Labute approximate surface area is 96.0 Å². The molecule has 1 heterocycles. The molecular weight excluding hydrogens is 210 g/mol. The first-order chi connectivity index (χ1) is 7.81. The van der Waals surface area contributed by atoms with Crippen molar-refractivity contribution in [1.82, 2.24) is 0 Å². The van der Waals surface area contributed by atoms with Crippen LogP contribution < -0.4 is 0 Å². The van der Waals surface area contributed by atoms with Gasteiger partial charge in [-0.25, -0.2) is 0 Å². The van der Waals surface area contributed by atoms with Crippen molar-refractivity contribution in [2.45, 2.75) is 33.4 Å². The Morgan fingerprint density at radius 1 is 1.25 bits per heavy atom. The van der Waals surface area contributed by atoms with Crippen LogP contribution in [0.3, 0.4) is 0 Å². The van der Waals surface area contributed by atoms with Gasteiger partial charge in [-0.2, -0.15) is 0 Å². The molecule has 1 rings (SSSR count). The predicted molar refractivity (Wildman–Crippen MR) is 60.1 cm³/mol. The molecule has 0 N–H and O–H groups in total. The zero-order valence-electron chi connectivity index (χ0n) is 10.0. The van der Waals surface area contributed by atoms with Gasteiger partial charge in [0.25, 0.3) is 0 Å². The SMILES string of the molecule is CCOC1C=CC(C(OCC)OCC)=NO1. The number of oxime groups is 1. The minimum Gasteiger partial charge on any atom is -0.359 e. The molecule has 0 radical (unpaired) electrons. The molecular formula is C11H19NO4. The van der Waals surface area contributed by atoms with Crippen LogP contribution in [-0.2, 0) is 19.0 Å². The average Bonchev–Trinajstić information content (AvgIpc) is 2.30. The van der Waals surface area contributed by atoms with Gasteiger partial charge in [0.2, 0.25) is 12.6 Å². The van der Waals surface area contributed by atoms with Gasteiger partial charge in [0.15, 0.2) is 0 Å². The highest BCUT2D eigenvalue weighted by atomic mass is 16.8. The van der Waals surface area contributed by atoms with Crippen molar-refractivity contribution < 1.29 is 19.0 Å². The smallest absolute Gasteiger partial charge is 0.246 e. The Morgan fingerprint density at radius 3 is 2.38 bits per heavy atom. The second kappa shape index (κ2) is 7.38. The van der Waals surface area contributed by atoms with Crippen molar-refractivity contribution in [2.24, 2.45) is 5.16 Å². The second-order valence-corrected chi connectivity index (χ2v) is 3.05. The van der Waals surface area contributed by atoms with Crippen LogP contribution in [0.2, 0.25) is 0 Å². The van der Waals surface area contributed by atoms with Crippen LogP contribution in [-0.4, -0.2) is 38.1 Å². The van der Waals surface area contributed by atoms with E-state index >= 15 is 0 Å². The van der Waals surface area contributed by atoms with E-state index in [0.29, 0.717) is 25.5 Å². The van der Waals surface area contributed by atoms with Gasteiger partial charge >= 0.3 is 0 Å². The molecule has 1 aliphatic heterocycles. The number of ether oxygens (including phenoxy) is 3. The maximum atomic E-state index is 5.39. The van der Waals surface area contributed by atoms with E-state index in [4.69, 9.17) is 19.0 Å². The molecule has 0 amide bonds. The van der Waals surface area contributed by atoms with Gasteiger partial charge in [-0.05, 0) is 32.9 Å². The fourth-order valence-corrected chi connectivity index (χ4v) is 1.25. The van der Waals surface area contributed by atoms with Gasteiger partial charge < -0.3 is 19.0 Å². The van der Waals surface area contributed by atoms with Crippen LogP contribution >= 0.6 is 0 Å². The standard InChI is InChI=1S/C11H19NO4/c1-4-13-10-8-7-9(12-16-10)11(14-5-2)15-6-3/h7-8,10-11H,4-6H2,1-3H3. The van der Waals surface area contributed by atoms with Gasteiger partial charge in [0.1, 0.15) is 5.71 Å². The molecule has 1 aliphatic rings. The van der Waals surface area contributed by atoms with E-state index in [-0.39, 0.29) is 0 Å². The monoisotopic (exact) mass is 229 g/mol. The largest absolute Gasteiger partial charge is 0.359 e. The Balaban J connectivity index is 2.50. The summed E-state index contributed by atoms with van der Waals surface area (Å²) in [5.74, 6) is 0. The zero-order chi connectivity index (χ0) is 11.8. The highest BCUT2D eigenvalue weighted by Crippen LogP contribution is 2.09. The number of nitrogens with zero attached hydrogens (tertiary/aromatic N) is 1. The Bertz CT molecular complexity index is 246. The average molecular weight is 229 g/mol. The number of rotatable bonds is 7. The van der Waals surface area contributed by atoms with Crippen molar-refractivity contribution >= 4 is 5.71 Å². The highest BCUT2D eigenvalue weighted by Gasteiger charge is 2.19. The van der Waals surface area contributed by atoms with Crippen LogP contribution in [0.25, 0.3) is 0 Å². The molecule has 0 aromatic heterocycles. The first kappa shape index (κ1) is 13.2. The second-order valence-electron chi connectivity index (χ2n) is 3.05. The number of hydrogen-bond acceptors (Lipinski definition) is 5. The third-order valence-electron chi connectivity index (χ3n) is 1.89. The molecule has 5 heteroatoms. The highest BCUT2D eigenvalue weighted by molar-refractivity contribution is 5.97. The lowest BCUT2D eigenvalue weighted by Gasteiger charge is -2.20. The van der Waals surface area contributed by atoms with E-state index in [0.717, 1.165) is 0 Å². The van der Waals surface area contributed by atoms with E-state index in [2.05, 4.69) is 5.16 Å². The summed E-state index contributed by atoms with van der Waals surface area (Å²) in [5.41, 5.74) is 0.625. The molecule has 0 aromatic rings. The topological polar surface area (TPSA) is 49.3 Å². The quantitative estimate of drug-likeness (QED) is 0.623. The molecule has 1 atom stereocenters.